The van der Waals surface area contributed by atoms with Crippen LogP contribution in [0.5, 0.6) is 11.5 Å². The second-order valence-electron chi connectivity index (χ2n) is 7.58. The zero-order valence-corrected chi connectivity index (χ0v) is 18.1. The summed E-state index contributed by atoms with van der Waals surface area (Å²) in [6.07, 6.45) is 2.50. The van der Waals surface area contributed by atoms with Crippen molar-refractivity contribution in [2.75, 3.05) is 51.8 Å². The summed E-state index contributed by atoms with van der Waals surface area (Å²) in [5.41, 5.74) is 1.67. The molecule has 2 aromatic rings. The van der Waals surface area contributed by atoms with Gasteiger partial charge in [-0.05, 0) is 43.3 Å². The molecule has 2 heterocycles. The number of amides is 2. The van der Waals surface area contributed by atoms with Crippen molar-refractivity contribution >= 4 is 23.6 Å². The van der Waals surface area contributed by atoms with Crippen LogP contribution in [0.1, 0.15) is 22.3 Å². The van der Waals surface area contributed by atoms with E-state index in [9.17, 15) is 9.59 Å². The van der Waals surface area contributed by atoms with Crippen molar-refractivity contribution < 1.29 is 23.8 Å². The summed E-state index contributed by atoms with van der Waals surface area (Å²) in [4.78, 5) is 27.4. The van der Waals surface area contributed by atoms with Crippen molar-refractivity contribution in [3.63, 3.8) is 0 Å². The average molecular weight is 437 g/mol. The molecule has 0 unspecified atom stereocenters. The Hall–Kier alpha value is -3.36. The Morgan fingerprint density at radius 2 is 2.03 bits per heavy atom. The van der Waals surface area contributed by atoms with E-state index in [-0.39, 0.29) is 17.6 Å². The molecule has 2 aliphatic rings. The second kappa shape index (κ2) is 10.3. The molecule has 2 aliphatic heterocycles. The minimum atomic E-state index is -0.383. The molecule has 4 rings (SSSR count). The Balaban J connectivity index is 1.36. The van der Waals surface area contributed by atoms with E-state index >= 15 is 0 Å². The standard InChI is InChI=1S/C24H27N3O5/c1-30-20-6-3-2-5-17(20)16-22-24(29)26-19-15-18(7-8-21(19)32-22)23(28)25-9-4-10-27-11-13-31-14-12-27/h2-3,5-8,15-16H,4,9-14H2,1H3,(H,25,28)(H,26,29)/b22-16+. The molecule has 2 amide bonds. The van der Waals surface area contributed by atoms with E-state index in [2.05, 4.69) is 15.5 Å². The van der Waals surface area contributed by atoms with Gasteiger partial charge in [-0.25, -0.2) is 0 Å². The van der Waals surface area contributed by atoms with E-state index in [0.717, 1.165) is 44.8 Å². The number of rotatable bonds is 7. The van der Waals surface area contributed by atoms with Gasteiger partial charge in [-0.15, -0.1) is 0 Å². The lowest BCUT2D eigenvalue weighted by atomic mass is 10.1. The molecule has 168 valence electrons. The van der Waals surface area contributed by atoms with E-state index in [1.165, 1.54) is 0 Å². The van der Waals surface area contributed by atoms with Crippen molar-refractivity contribution in [1.29, 1.82) is 0 Å². The smallest absolute Gasteiger partial charge is 0.291 e. The molecule has 2 N–H and O–H groups in total. The highest BCUT2D eigenvalue weighted by molar-refractivity contribution is 6.09. The lowest BCUT2D eigenvalue weighted by Gasteiger charge is -2.26. The van der Waals surface area contributed by atoms with E-state index < -0.39 is 0 Å². The number of benzene rings is 2. The molecular weight excluding hydrogens is 410 g/mol. The van der Waals surface area contributed by atoms with Crippen LogP contribution in [0.3, 0.4) is 0 Å². The number of hydrogen-bond donors (Lipinski definition) is 2. The van der Waals surface area contributed by atoms with Gasteiger partial charge in [-0.3, -0.25) is 14.5 Å². The number of morpholine rings is 1. The molecule has 0 atom stereocenters. The van der Waals surface area contributed by atoms with Crippen LogP contribution in [0.15, 0.2) is 48.2 Å². The molecule has 0 radical (unpaired) electrons. The fraction of sp³-hybridized carbons (Fsp3) is 0.333. The molecular formula is C24H27N3O5. The minimum Gasteiger partial charge on any atom is -0.496 e. The molecule has 8 heteroatoms. The van der Waals surface area contributed by atoms with Crippen LogP contribution in [-0.4, -0.2) is 63.2 Å². The first kappa shape index (κ1) is 21.9. The monoisotopic (exact) mass is 437 g/mol. The van der Waals surface area contributed by atoms with Crippen molar-refractivity contribution in [2.45, 2.75) is 6.42 Å². The molecule has 32 heavy (non-hydrogen) atoms. The lowest BCUT2D eigenvalue weighted by Crippen LogP contribution is -2.38. The highest BCUT2D eigenvalue weighted by Crippen LogP contribution is 2.33. The van der Waals surface area contributed by atoms with Gasteiger partial charge in [0.15, 0.2) is 11.5 Å². The van der Waals surface area contributed by atoms with Gasteiger partial charge in [0, 0.05) is 30.8 Å². The van der Waals surface area contributed by atoms with E-state index in [1.807, 2.05) is 24.3 Å². The van der Waals surface area contributed by atoms with Crippen LogP contribution in [-0.2, 0) is 9.53 Å². The quantitative estimate of drug-likeness (QED) is 0.511. The summed E-state index contributed by atoms with van der Waals surface area (Å²) in [5.74, 6) is 0.714. The van der Waals surface area contributed by atoms with E-state index in [1.54, 1.807) is 31.4 Å². The first-order valence-corrected chi connectivity index (χ1v) is 10.7. The van der Waals surface area contributed by atoms with E-state index in [4.69, 9.17) is 14.2 Å². The predicted molar refractivity (Wildman–Crippen MR) is 121 cm³/mol. The molecule has 1 saturated heterocycles. The zero-order chi connectivity index (χ0) is 22.3. The van der Waals surface area contributed by atoms with Crippen LogP contribution >= 0.6 is 0 Å². The van der Waals surface area contributed by atoms with Gasteiger partial charge in [0.1, 0.15) is 5.75 Å². The maximum absolute atomic E-state index is 12.5. The summed E-state index contributed by atoms with van der Waals surface area (Å²) < 4.78 is 16.5. The van der Waals surface area contributed by atoms with Crippen LogP contribution < -0.4 is 20.1 Å². The first-order valence-electron chi connectivity index (χ1n) is 10.7. The van der Waals surface area contributed by atoms with Crippen LogP contribution in [0, 0.1) is 0 Å². The Labute approximate surface area is 187 Å². The fourth-order valence-corrected chi connectivity index (χ4v) is 3.66. The fourth-order valence-electron chi connectivity index (χ4n) is 3.66. The van der Waals surface area contributed by atoms with Crippen molar-refractivity contribution in [2.24, 2.45) is 0 Å². The Morgan fingerprint density at radius 1 is 1.22 bits per heavy atom. The largest absolute Gasteiger partial charge is 0.496 e. The van der Waals surface area contributed by atoms with Gasteiger partial charge < -0.3 is 24.8 Å². The van der Waals surface area contributed by atoms with Crippen LogP contribution in [0.4, 0.5) is 5.69 Å². The number of ether oxygens (including phenoxy) is 3. The maximum Gasteiger partial charge on any atom is 0.291 e. The molecule has 8 nitrogen and oxygen atoms in total. The third kappa shape index (κ3) is 5.27. The molecule has 0 spiro atoms. The summed E-state index contributed by atoms with van der Waals surface area (Å²) in [7, 11) is 1.57. The van der Waals surface area contributed by atoms with Crippen LogP contribution in [0.2, 0.25) is 0 Å². The number of methoxy groups -OCH3 is 1. The molecule has 2 aromatic carbocycles. The SMILES string of the molecule is COc1ccccc1/C=C1/Oc2ccc(C(=O)NCCCN3CCOCC3)cc2NC1=O. The number of para-hydroxylation sites is 1. The Bertz CT molecular complexity index is 1010. The maximum atomic E-state index is 12.5. The van der Waals surface area contributed by atoms with Crippen molar-refractivity contribution in [3.05, 3.63) is 59.4 Å². The van der Waals surface area contributed by atoms with Gasteiger partial charge in [0.2, 0.25) is 0 Å². The Kier molecular flexibility index (Phi) is 7.03. The van der Waals surface area contributed by atoms with Gasteiger partial charge in [-0.1, -0.05) is 18.2 Å². The molecule has 0 bridgehead atoms. The Morgan fingerprint density at radius 3 is 2.84 bits per heavy atom. The third-order valence-electron chi connectivity index (χ3n) is 5.40. The normalized spacial score (nSPS) is 17.3. The zero-order valence-electron chi connectivity index (χ0n) is 18.1. The summed E-state index contributed by atoms with van der Waals surface area (Å²) >= 11 is 0. The van der Waals surface area contributed by atoms with E-state index in [0.29, 0.717) is 29.3 Å². The summed E-state index contributed by atoms with van der Waals surface area (Å²) in [6.45, 7) is 4.93. The van der Waals surface area contributed by atoms with Gasteiger partial charge in [0.05, 0.1) is 26.0 Å². The average Bonchev–Trinajstić information content (AvgIpc) is 2.83. The number of nitrogens with zero attached hydrogens (tertiary/aromatic N) is 1. The molecule has 1 fully saturated rings. The summed E-state index contributed by atoms with van der Waals surface area (Å²) in [5, 5.41) is 5.74. The predicted octanol–water partition coefficient (Wildman–Crippen LogP) is 2.52. The second-order valence-corrected chi connectivity index (χ2v) is 7.58. The van der Waals surface area contributed by atoms with Crippen molar-refractivity contribution in [1.82, 2.24) is 10.2 Å². The molecule has 0 aliphatic carbocycles. The van der Waals surface area contributed by atoms with Gasteiger partial charge >= 0.3 is 0 Å². The van der Waals surface area contributed by atoms with Gasteiger partial charge in [-0.2, -0.15) is 0 Å². The van der Waals surface area contributed by atoms with Crippen LogP contribution in [0.25, 0.3) is 6.08 Å². The van der Waals surface area contributed by atoms with Crippen molar-refractivity contribution in [3.8, 4) is 11.5 Å². The number of hydrogen-bond acceptors (Lipinski definition) is 6. The summed E-state index contributed by atoms with van der Waals surface area (Å²) in [6, 6.07) is 12.4. The number of nitrogens with one attached hydrogen (secondary N) is 2. The first-order chi connectivity index (χ1) is 15.6. The number of carbonyl (C=O) groups is 2. The minimum absolute atomic E-state index is 0.155. The highest BCUT2D eigenvalue weighted by atomic mass is 16.5. The topological polar surface area (TPSA) is 89.1 Å². The molecule has 0 aromatic heterocycles. The number of carbonyl (C=O) groups excluding carboxylic acids is 2. The number of fused-ring (bicyclic) bond motifs is 1. The third-order valence-corrected chi connectivity index (χ3v) is 5.40. The lowest BCUT2D eigenvalue weighted by molar-refractivity contribution is -0.115. The van der Waals surface area contributed by atoms with Gasteiger partial charge in [0.25, 0.3) is 11.8 Å². The highest BCUT2D eigenvalue weighted by Gasteiger charge is 2.23. The molecule has 0 saturated carbocycles. The number of anilines is 1.